The van der Waals surface area contributed by atoms with E-state index in [9.17, 15) is 31.5 Å². The number of phenolic OH excluding ortho intramolecular Hbond substituents is 1. The number of phenols is 1. The molecule has 2 aromatic rings. The maximum absolute atomic E-state index is 13.3. The van der Waals surface area contributed by atoms with Crippen molar-refractivity contribution < 1.29 is 31.5 Å². The van der Waals surface area contributed by atoms with Crippen molar-refractivity contribution in [3.63, 3.8) is 0 Å². The molecule has 1 heterocycles. The van der Waals surface area contributed by atoms with Crippen molar-refractivity contribution in [2.24, 2.45) is 14.8 Å². The number of carbonyl (C=O) groups excluding carboxylic acids is 1. The molecule has 1 amide bonds. The van der Waals surface area contributed by atoms with E-state index in [4.69, 9.17) is 0 Å². The lowest BCUT2D eigenvalue weighted by Crippen LogP contribution is -2.32. The van der Waals surface area contributed by atoms with Crippen LogP contribution in [-0.4, -0.2) is 50.1 Å². The summed E-state index contributed by atoms with van der Waals surface area (Å²) in [5, 5.41) is 13.3. The molecule has 36 heavy (non-hydrogen) atoms. The summed E-state index contributed by atoms with van der Waals surface area (Å²) in [5.41, 5.74) is -1.41. The molecule has 0 aromatic heterocycles. The monoisotopic (exact) mass is 525 g/mol. The number of carbonyl (C=O) groups is 1. The number of rotatable bonds is 4. The third-order valence-electron chi connectivity index (χ3n) is 5.20. The number of para-hydroxylation sites is 1. The van der Waals surface area contributed by atoms with Crippen LogP contribution in [-0.2, 0) is 16.4 Å². The third-order valence-corrected chi connectivity index (χ3v) is 6.07. The number of anilines is 1. The maximum atomic E-state index is 13.3. The Balaban J connectivity index is 2.06. The average Bonchev–Trinajstić information content (AvgIpc) is 3.04. The Morgan fingerprint density at radius 1 is 1.14 bits per heavy atom. The Morgan fingerprint density at radius 3 is 2.36 bits per heavy atom. The lowest BCUT2D eigenvalue weighted by atomic mass is 9.82. The fourth-order valence-corrected chi connectivity index (χ4v) is 4.31. The van der Waals surface area contributed by atoms with Crippen molar-refractivity contribution in [1.82, 2.24) is 9.62 Å². The van der Waals surface area contributed by atoms with Gasteiger partial charge in [-0.25, -0.2) is 4.72 Å². The lowest BCUT2D eigenvalue weighted by molar-refractivity contribution is -0.137. The predicted octanol–water partition coefficient (Wildman–Crippen LogP) is 3.96. The predicted molar refractivity (Wildman–Crippen MR) is 130 cm³/mol. The highest BCUT2D eigenvalue weighted by atomic mass is 32.2. The Hall–Kier alpha value is -3.61. The van der Waals surface area contributed by atoms with Crippen molar-refractivity contribution in [2.75, 3.05) is 19.4 Å². The van der Waals surface area contributed by atoms with E-state index in [0.717, 1.165) is 12.1 Å². The van der Waals surface area contributed by atoms with Crippen LogP contribution in [0.15, 0.2) is 51.9 Å². The van der Waals surface area contributed by atoms with E-state index in [1.807, 2.05) is 0 Å². The molecule has 0 saturated carbocycles. The van der Waals surface area contributed by atoms with Crippen LogP contribution in [0, 0.1) is 5.41 Å². The van der Waals surface area contributed by atoms with Gasteiger partial charge in [-0.05, 0) is 35.2 Å². The Kier molecular flexibility index (Phi) is 7.08. The molecule has 0 spiro atoms. The van der Waals surface area contributed by atoms with Crippen LogP contribution < -0.4 is 10.0 Å². The number of hydrogen-bond donors (Lipinski definition) is 3. The molecule has 3 N–H and O–H groups in total. The van der Waals surface area contributed by atoms with E-state index >= 15 is 0 Å². The van der Waals surface area contributed by atoms with Gasteiger partial charge in [0.05, 0.1) is 22.9 Å². The summed E-state index contributed by atoms with van der Waals surface area (Å²) in [6.07, 6.45) is -4.57. The molecular formula is C23H26F3N5O4S. The molecule has 0 aliphatic carbocycles. The largest absolute Gasteiger partial charge is 0.505 e. The van der Waals surface area contributed by atoms with Gasteiger partial charge in [-0.1, -0.05) is 39.0 Å². The van der Waals surface area contributed by atoms with E-state index in [2.05, 4.69) is 19.4 Å². The molecule has 2 aromatic carbocycles. The molecule has 0 radical (unpaired) electrons. The van der Waals surface area contributed by atoms with Crippen LogP contribution in [0.1, 0.15) is 48.3 Å². The van der Waals surface area contributed by atoms with Gasteiger partial charge in [0.15, 0.2) is 17.4 Å². The summed E-state index contributed by atoms with van der Waals surface area (Å²) < 4.78 is 70.2. The molecule has 1 unspecified atom stereocenters. The number of hydrogen-bond acceptors (Lipinski definition) is 6. The van der Waals surface area contributed by atoms with Gasteiger partial charge in [-0.15, -0.1) is 4.40 Å². The third kappa shape index (κ3) is 5.96. The second-order valence-electron chi connectivity index (χ2n) is 9.41. The zero-order valence-electron chi connectivity index (χ0n) is 20.2. The van der Waals surface area contributed by atoms with Crippen LogP contribution in [0.5, 0.6) is 5.75 Å². The van der Waals surface area contributed by atoms with Crippen LogP contribution in [0.25, 0.3) is 0 Å². The van der Waals surface area contributed by atoms with Crippen LogP contribution >= 0.6 is 0 Å². The number of amides is 1. The normalized spacial score (nSPS) is 17.3. The summed E-state index contributed by atoms with van der Waals surface area (Å²) >= 11 is 0. The molecule has 1 atom stereocenters. The SMILES string of the molecule is CN(C)C(=O)c1cccc(NC2=NS(=O)(=O)NC2=NC(c2cccc(C(F)(F)F)c2)C(C)(C)C)c1O. The zero-order valence-corrected chi connectivity index (χ0v) is 21.0. The first-order valence-electron chi connectivity index (χ1n) is 10.7. The highest BCUT2D eigenvalue weighted by molar-refractivity contribution is 7.89. The number of aliphatic imine (C=N–C) groups is 1. The topological polar surface area (TPSA) is 123 Å². The van der Waals surface area contributed by atoms with E-state index in [-0.39, 0.29) is 28.5 Å². The summed E-state index contributed by atoms with van der Waals surface area (Å²) in [5.74, 6) is -1.47. The molecule has 9 nitrogen and oxygen atoms in total. The first-order chi connectivity index (χ1) is 16.5. The number of alkyl halides is 3. The van der Waals surface area contributed by atoms with Crippen LogP contribution in [0.3, 0.4) is 0 Å². The molecule has 13 heteroatoms. The molecule has 1 aliphatic rings. The molecule has 1 aliphatic heterocycles. The number of nitrogens with zero attached hydrogens (tertiary/aromatic N) is 3. The molecule has 0 fully saturated rings. The number of benzene rings is 2. The number of nitrogens with one attached hydrogen (secondary N) is 2. The van der Waals surface area contributed by atoms with Gasteiger partial charge in [-0.3, -0.25) is 9.79 Å². The number of amidine groups is 2. The molecule has 0 saturated heterocycles. The van der Waals surface area contributed by atoms with Crippen molar-refractivity contribution in [2.45, 2.75) is 33.0 Å². The van der Waals surface area contributed by atoms with Gasteiger partial charge in [-0.2, -0.15) is 21.6 Å². The average molecular weight is 526 g/mol. The number of aromatic hydroxyl groups is 1. The standard InChI is InChI=1S/C23H26F3N5O4S/c1-22(2,3)18(13-8-6-9-14(12-13)23(24,25)26)28-20-19(29-36(34,35)30-20)27-16-11-7-10-15(17(16)32)21(33)31(4)5/h6-12,18,32H,1-5H3,(H,27,29)(H,28,30). The minimum atomic E-state index is -4.57. The smallest absolute Gasteiger partial charge is 0.416 e. The minimum Gasteiger partial charge on any atom is -0.505 e. The Morgan fingerprint density at radius 2 is 1.78 bits per heavy atom. The highest BCUT2D eigenvalue weighted by Gasteiger charge is 2.35. The first-order valence-corrected chi connectivity index (χ1v) is 12.1. The molecular weight excluding hydrogens is 499 g/mol. The van der Waals surface area contributed by atoms with Crippen molar-refractivity contribution in [1.29, 1.82) is 0 Å². The quantitative estimate of drug-likeness (QED) is 0.522. The van der Waals surface area contributed by atoms with Gasteiger partial charge in [0.25, 0.3) is 5.91 Å². The van der Waals surface area contributed by atoms with E-state index in [1.165, 1.54) is 49.3 Å². The van der Waals surface area contributed by atoms with Crippen LogP contribution in [0.4, 0.5) is 18.9 Å². The lowest BCUT2D eigenvalue weighted by Gasteiger charge is -2.29. The molecule has 0 bridgehead atoms. The van der Waals surface area contributed by atoms with E-state index in [0.29, 0.717) is 0 Å². The zero-order chi connectivity index (χ0) is 27.1. The van der Waals surface area contributed by atoms with Crippen molar-refractivity contribution >= 4 is 33.5 Å². The Labute approximate surface area is 206 Å². The highest BCUT2D eigenvalue weighted by Crippen LogP contribution is 2.39. The van der Waals surface area contributed by atoms with Gasteiger partial charge in [0, 0.05) is 14.1 Å². The van der Waals surface area contributed by atoms with Gasteiger partial charge < -0.3 is 15.3 Å². The fraction of sp³-hybridized carbons (Fsp3) is 0.348. The summed E-state index contributed by atoms with van der Waals surface area (Å²) in [7, 11) is -1.21. The summed E-state index contributed by atoms with van der Waals surface area (Å²) in [6.45, 7) is 5.24. The molecule has 194 valence electrons. The van der Waals surface area contributed by atoms with E-state index in [1.54, 1.807) is 20.8 Å². The summed E-state index contributed by atoms with van der Waals surface area (Å²) in [6, 6.07) is 8.02. The van der Waals surface area contributed by atoms with Gasteiger partial charge >= 0.3 is 16.4 Å². The molecule has 3 rings (SSSR count). The number of halogens is 3. The van der Waals surface area contributed by atoms with Crippen LogP contribution in [0.2, 0.25) is 0 Å². The minimum absolute atomic E-state index is 0.0144. The maximum Gasteiger partial charge on any atom is 0.416 e. The second kappa shape index (κ2) is 9.45. The van der Waals surface area contributed by atoms with Crippen molar-refractivity contribution in [3.05, 3.63) is 59.2 Å². The Bertz CT molecular complexity index is 1350. The fourth-order valence-electron chi connectivity index (χ4n) is 3.49. The van der Waals surface area contributed by atoms with Gasteiger partial charge in [0.1, 0.15) is 0 Å². The van der Waals surface area contributed by atoms with E-state index < -0.39 is 45.1 Å². The summed E-state index contributed by atoms with van der Waals surface area (Å²) in [4.78, 5) is 18.0. The first kappa shape index (κ1) is 27.0. The second-order valence-corrected chi connectivity index (χ2v) is 10.7. The van der Waals surface area contributed by atoms with Gasteiger partial charge in [0.2, 0.25) is 0 Å². The van der Waals surface area contributed by atoms with Crippen molar-refractivity contribution in [3.8, 4) is 5.75 Å².